The number of fused-ring (bicyclic) bond motifs is 3. The molecule has 0 saturated carbocycles. The van der Waals surface area contributed by atoms with Crippen molar-refractivity contribution in [2.45, 2.75) is 17.5 Å². The largest absolute Gasteiger partial charge is 0.378 e. The molecule has 27 heavy (non-hydrogen) atoms. The fraction of sp³-hybridized carbons (Fsp3) is 0.421. The van der Waals surface area contributed by atoms with Gasteiger partial charge in [0.2, 0.25) is 5.91 Å². The Morgan fingerprint density at radius 3 is 2.63 bits per heavy atom. The van der Waals surface area contributed by atoms with Crippen LogP contribution in [-0.4, -0.2) is 67.5 Å². The van der Waals surface area contributed by atoms with Gasteiger partial charge in [0.15, 0.2) is 0 Å². The van der Waals surface area contributed by atoms with E-state index < -0.39 is 10.0 Å². The summed E-state index contributed by atoms with van der Waals surface area (Å²) in [5.74, 6) is -0.107. The summed E-state index contributed by atoms with van der Waals surface area (Å²) in [6.07, 6.45) is 1.58. The van der Waals surface area contributed by atoms with Crippen LogP contribution in [0.15, 0.2) is 53.6 Å². The molecule has 2 bridgehead atoms. The summed E-state index contributed by atoms with van der Waals surface area (Å²) in [6.45, 7) is 2.62. The summed E-state index contributed by atoms with van der Waals surface area (Å²) in [6, 6.07) is 12.0. The number of hydrogen-bond donors (Lipinski definition) is 0. The van der Waals surface area contributed by atoms with Gasteiger partial charge < -0.3 is 9.64 Å². The van der Waals surface area contributed by atoms with Crippen LogP contribution in [0.3, 0.4) is 0 Å². The molecule has 1 aromatic heterocycles. The molecular formula is C19H23N3O4S. The quantitative estimate of drug-likeness (QED) is 0.781. The van der Waals surface area contributed by atoms with Crippen LogP contribution in [0, 0.1) is 5.92 Å². The number of ether oxygens (including phenoxy) is 1. The third kappa shape index (κ3) is 3.40. The van der Waals surface area contributed by atoms with Crippen LogP contribution in [-0.2, 0) is 26.1 Å². The zero-order valence-electron chi connectivity index (χ0n) is 15.2. The zero-order valence-corrected chi connectivity index (χ0v) is 16.0. The average Bonchev–Trinajstić information content (AvgIpc) is 3.04. The molecule has 0 unspecified atom stereocenters. The second kappa shape index (κ2) is 7.10. The van der Waals surface area contributed by atoms with E-state index in [0.29, 0.717) is 38.5 Å². The van der Waals surface area contributed by atoms with E-state index in [9.17, 15) is 13.2 Å². The number of hydrogen-bond acceptors (Lipinski definition) is 5. The number of benzene rings is 1. The fourth-order valence-electron chi connectivity index (χ4n) is 3.81. The Morgan fingerprint density at radius 2 is 1.85 bits per heavy atom. The van der Waals surface area contributed by atoms with Gasteiger partial charge in [-0.25, -0.2) is 12.4 Å². The summed E-state index contributed by atoms with van der Waals surface area (Å²) >= 11 is 0. The van der Waals surface area contributed by atoms with Gasteiger partial charge in [0.25, 0.3) is 10.0 Å². The Bertz CT molecular complexity index is 925. The summed E-state index contributed by atoms with van der Waals surface area (Å²) in [4.78, 5) is 16.7. The van der Waals surface area contributed by atoms with Crippen molar-refractivity contribution in [3.05, 3.63) is 54.4 Å². The standard InChI is InChI=1S/C19H23N3O4S/c1-20-17-12-21(10-15(19(20)23)13-26-14-17)11-16-6-5-9-22(16)27(24,25)18-7-3-2-4-8-18/h2-9,15,17H,10-14H2,1H3/t15-,17+/m1/s1. The zero-order chi connectivity index (χ0) is 19.0. The van der Waals surface area contributed by atoms with Gasteiger partial charge >= 0.3 is 0 Å². The molecule has 0 radical (unpaired) electrons. The van der Waals surface area contributed by atoms with Gasteiger partial charge in [0, 0.05) is 38.6 Å². The van der Waals surface area contributed by atoms with Crippen LogP contribution in [0.5, 0.6) is 0 Å². The number of rotatable bonds is 4. The van der Waals surface area contributed by atoms with E-state index in [1.54, 1.807) is 47.5 Å². The lowest BCUT2D eigenvalue weighted by atomic mass is 10.1. The summed E-state index contributed by atoms with van der Waals surface area (Å²) in [7, 11) is -1.82. The highest BCUT2D eigenvalue weighted by Crippen LogP contribution is 2.23. The number of nitrogens with zero attached hydrogens (tertiary/aromatic N) is 3. The van der Waals surface area contributed by atoms with Crippen molar-refractivity contribution in [2.75, 3.05) is 33.4 Å². The summed E-state index contributed by atoms with van der Waals surface area (Å²) in [5.41, 5.74) is 0.690. The highest BCUT2D eigenvalue weighted by atomic mass is 32.2. The van der Waals surface area contributed by atoms with E-state index in [1.807, 2.05) is 13.1 Å². The molecule has 2 atom stereocenters. The van der Waals surface area contributed by atoms with Crippen LogP contribution < -0.4 is 0 Å². The maximum atomic E-state index is 13.0. The molecule has 2 saturated heterocycles. The van der Waals surface area contributed by atoms with Gasteiger partial charge in [-0.3, -0.25) is 9.69 Å². The van der Waals surface area contributed by atoms with E-state index in [4.69, 9.17) is 4.74 Å². The minimum Gasteiger partial charge on any atom is -0.378 e. The first-order valence-corrected chi connectivity index (χ1v) is 10.4. The number of carbonyl (C=O) groups is 1. The van der Waals surface area contributed by atoms with Gasteiger partial charge in [-0.05, 0) is 24.3 Å². The van der Waals surface area contributed by atoms with Crippen LogP contribution in [0.2, 0.25) is 0 Å². The van der Waals surface area contributed by atoms with Gasteiger partial charge in [0.05, 0.1) is 30.1 Å². The normalized spacial score (nSPS) is 24.0. The van der Waals surface area contributed by atoms with Crippen molar-refractivity contribution in [3.8, 4) is 0 Å². The molecule has 7 nitrogen and oxygen atoms in total. The monoisotopic (exact) mass is 389 g/mol. The Labute approximate surface area is 159 Å². The van der Waals surface area contributed by atoms with Crippen molar-refractivity contribution in [2.24, 2.45) is 5.92 Å². The van der Waals surface area contributed by atoms with Crippen molar-refractivity contribution in [1.29, 1.82) is 0 Å². The van der Waals surface area contributed by atoms with E-state index in [1.165, 1.54) is 3.97 Å². The third-order valence-electron chi connectivity index (χ3n) is 5.30. The first kappa shape index (κ1) is 18.2. The SMILES string of the molecule is CN1C(=O)[C@H]2COC[C@@H]1CN(Cc1cccn1S(=O)(=O)c1ccccc1)C2. The van der Waals surface area contributed by atoms with Gasteiger partial charge in [-0.15, -0.1) is 0 Å². The lowest BCUT2D eigenvalue weighted by Gasteiger charge is -2.29. The van der Waals surface area contributed by atoms with Crippen LogP contribution in [0.4, 0.5) is 0 Å². The Hall–Kier alpha value is -2.16. The molecule has 1 amide bonds. The summed E-state index contributed by atoms with van der Waals surface area (Å²) in [5, 5.41) is 0. The fourth-order valence-corrected chi connectivity index (χ4v) is 5.20. The molecule has 2 aliphatic rings. The van der Waals surface area contributed by atoms with Crippen molar-refractivity contribution >= 4 is 15.9 Å². The molecule has 0 aliphatic carbocycles. The predicted molar refractivity (Wildman–Crippen MR) is 99.6 cm³/mol. The molecule has 4 rings (SSSR count). The first-order chi connectivity index (χ1) is 13.0. The second-order valence-corrected chi connectivity index (χ2v) is 8.96. The highest BCUT2D eigenvalue weighted by Gasteiger charge is 2.37. The van der Waals surface area contributed by atoms with Crippen molar-refractivity contribution in [3.63, 3.8) is 0 Å². The van der Waals surface area contributed by atoms with Gasteiger partial charge in [-0.1, -0.05) is 18.2 Å². The number of aromatic nitrogens is 1. The third-order valence-corrected chi connectivity index (χ3v) is 7.04. The topological polar surface area (TPSA) is 71.8 Å². The molecule has 1 aromatic carbocycles. The van der Waals surface area contributed by atoms with E-state index in [2.05, 4.69) is 4.90 Å². The molecule has 3 heterocycles. The predicted octanol–water partition coefficient (Wildman–Crippen LogP) is 1.01. The van der Waals surface area contributed by atoms with Crippen molar-refractivity contribution in [1.82, 2.24) is 13.8 Å². The number of likely N-dealkylation sites (N-methyl/N-ethyl adjacent to an activating group) is 1. The van der Waals surface area contributed by atoms with Crippen molar-refractivity contribution < 1.29 is 17.9 Å². The number of amides is 1. The molecule has 144 valence electrons. The summed E-state index contributed by atoms with van der Waals surface area (Å²) < 4.78 is 32.9. The Morgan fingerprint density at radius 1 is 1.07 bits per heavy atom. The van der Waals surface area contributed by atoms with Crippen LogP contribution in [0.1, 0.15) is 5.69 Å². The second-order valence-electron chi connectivity index (χ2n) is 7.14. The Balaban J connectivity index is 1.60. The molecule has 8 heteroatoms. The maximum Gasteiger partial charge on any atom is 0.267 e. The highest BCUT2D eigenvalue weighted by molar-refractivity contribution is 7.90. The molecule has 0 N–H and O–H groups in total. The molecule has 0 spiro atoms. The van der Waals surface area contributed by atoms with Crippen LogP contribution in [0.25, 0.3) is 0 Å². The van der Waals surface area contributed by atoms with Crippen LogP contribution >= 0.6 is 0 Å². The Kier molecular flexibility index (Phi) is 4.79. The van der Waals surface area contributed by atoms with Gasteiger partial charge in [0.1, 0.15) is 0 Å². The van der Waals surface area contributed by atoms with E-state index in [0.717, 1.165) is 0 Å². The van der Waals surface area contributed by atoms with Gasteiger partial charge in [-0.2, -0.15) is 0 Å². The van der Waals surface area contributed by atoms with E-state index >= 15 is 0 Å². The lowest BCUT2D eigenvalue weighted by Crippen LogP contribution is -2.43. The lowest BCUT2D eigenvalue weighted by molar-refractivity contribution is -0.134. The molecule has 2 fully saturated rings. The first-order valence-electron chi connectivity index (χ1n) is 9.00. The molecule has 2 aromatic rings. The average molecular weight is 389 g/mol. The molecule has 2 aliphatic heterocycles. The minimum atomic E-state index is -3.64. The smallest absolute Gasteiger partial charge is 0.267 e. The maximum absolute atomic E-state index is 13.0. The van der Waals surface area contributed by atoms with E-state index in [-0.39, 0.29) is 22.8 Å². The molecular weight excluding hydrogens is 366 g/mol. The number of carbonyl (C=O) groups excluding carboxylic acids is 1. The minimum absolute atomic E-state index is 0.0147.